The molecule has 0 saturated heterocycles. The molecule has 0 spiro atoms. The van der Waals surface area contributed by atoms with E-state index in [1.165, 1.54) is 27.7 Å². The number of anilines is 1. The quantitative estimate of drug-likeness (QED) is 0.507. The van der Waals surface area contributed by atoms with Gasteiger partial charge in [-0.2, -0.15) is 0 Å². The van der Waals surface area contributed by atoms with Crippen LogP contribution in [0.2, 0.25) is 10.0 Å². The number of thioether (sulfide) groups is 1. The van der Waals surface area contributed by atoms with E-state index in [-0.39, 0.29) is 11.5 Å². The molecule has 130 valence electrons. The number of nitrogens with zero attached hydrogens (tertiary/aromatic N) is 2. The Kier molecular flexibility index (Phi) is 5.38. The Balaban J connectivity index is 1.79. The number of thiophene rings is 1. The maximum Gasteiger partial charge on any atom is 0.271 e. The Morgan fingerprint density at radius 2 is 2.12 bits per heavy atom. The Bertz CT molecular complexity index is 1020. The zero-order chi connectivity index (χ0) is 18.1. The molecule has 2 aromatic heterocycles. The van der Waals surface area contributed by atoms with Crippen LogP contribution in [0.1, 0.15) is 6.92 Å². The lowest BCUT2D eigenvalue weighted by Crippen LogP contribution is -2.25. The van der Waals surface area contributed by atoms with Crippen LogP contribution < -0.4 is 10.9 Å². The lowest BCUT2D eigenvalue weighted by molar-refractivity contribution is -0.115. The van der Waals surface area contributed by atoms with Crippen LogP contribution in [0.3, 0.4) is 0 Å². The highest BCUT2D eigenvalue weighted by atomic mass is 35.5. The fourth-order valence-corrected chi connectivity index (χ4v) is 4.25. The fourth-order valence-electron chi connectivity index (χ4n) is 2.11. The van der Waals surface area contributed by atoms with E-state index in [0.29, 0.717) is 31.1 Å². The summed E-state index contributed by atoms with van der Waals surface area (Å²) in [5.74, 6) is -0.242. The molecule has 0 bridgehead atoms. The lowest BCUT2D eigenvalue weighted by atomic mass is 10.3. The second-order valence-corrected chi connectivity index (χ2v) is 8.33. The molecule has 0 fully saturated rings. The average Bonchev–Trinajstić information content (AvgIpc) is 3.03. The molecule has 9 heteroatoms. The minimum atomic E-state index is -0.471. The number of hydrogen-bond donors (Lipinski definition) is 1. The number of nitrogens with one attached hydrogen (secondary N) is 1. The van der Waals surface area contributed by atoms with Crippen molar-refractivity contribution in [2.45, 2.75) is 17.3 Å². The first-order valence-electron chi connectivity index (χ1n) is 7.23. The highest BCUT2D eigenvalue weighted by molar-refractivity contribution is 8.00. The summed E-state index contributed by atoms with van der Waals surface area (Å²) in [5.41, 5.74) is 1.01. The summed E-state index contributed by atoms with van der Waals surface area (Å²) in [6, 6.07) is 6.65. The molecule has 1 aromatic carbocycles. The molecule has 25 heavy (non-hydrogen) atoms. The molecular weight excluding hydrogens is 401 g/mol. The molecule has 0 aliphatic rings. The van der Waals surface area contributed by atoms with Crippen LogP contribution in [-0.4, -0.2) is 20.7 Å². The molecule has 0 saturated carbocycles. The Morgan fingerprint density at radius 1 is 1.36 bits per heavy atom. The first-order valence-corrected chi connectivity index (χ1v) is 9.75. The van der Waals surface area contributed by atoms with Crippen molar-refractivity contribution in [3.63, 3.8) is 0 Å². The van der Waals surface area contributed by atoms with Gasteiger partial charge in [0.15, 0.2) is 5.16 Å². The smallest absolute Gasteiger partial charge is 0.271 e. The molecule has 1 amide bonds. The molecule has 0 aliphatic carbocycles. The van der Waals surface area contributed by atoms with Gasteiger partial charge in [-0.25, -0.2) is 4.98 Å². The number of fused-ring (bicyclic) bond motifs is 1. The molecule has 2 heterocycles. The number of hydrogen-bond acceptors (Lipinski definition) is 5. The molecule has 1 atom stereocenters. The zero-order valence-electron chi connectivity index (χ0n) is 13.2. The number of amides is 1. The normalized spacial score (nSPS) is 12.3. The van der Waals surface area contributed by atoms with Gasteiger partial charge in [-0.15, -0.1) is 11.3 Å². The summed E-state index contributed by atoms with van der Waals surface area (Å²) >= 11 is 14.5. The summed E-state index contributed by atoms with van der Waals surface area (Å²) < 4.78 is 2.07. The van der Waals surface area contributed by atoms with Gasteiger partial charge in [-0.1, -0.05) is 35.0 Å². The number of benzene rings is 1. The maximum absolute atomic E-state index is 12.4. The third-order valence-corrected chi connectivity index (χ3v) is 6.07. The van der Waals surface area contributed by atoms with Crippen molar-refractivity contribution >= 4 is 68.1 Å². The first kappa shape index (κ1) is 18.3. The van der Waals surface area contributed by atoms with Crippen LogP contribution in [0, 0.1) is 0 Å². The standard InChI is InChI=1S/C16H13Cl2N3O2S2/c1-8(14(22)19-11-4-3-9(17)7-10(11)18)25-16-20-12-5-6-24-13(12)15(23)21(16)2/h3-8H,1-2H3,(H,19,22). The van der Waals surface area contributed by atoms with Crippen molar-refractivity contribution in [3.8, 4) is 0 Å². The van der Waals surface area contributed by atoms with Crippen molar-refractivity contribution in [1.82, 2.24) is 9.55 Å². The van der Waals surface area contributed by atoms with Crippen molar-refractivity contribution in [2.24, 2.45) is 7.05 Å². The predicted octanol–water partition coefficient (Wildman–Crippen LogP) is 4.42. The molecule has 1 N–H and O–H groups in total. The molecule has 1 unspecified atom stereocenters. The van der Waals surface area contributed by atoms with Gasteiger partial charge in [-0.3, -0.25) is 14.2 Å². The SMILES string of the molecule is CC(Sc1nc2ccsc2c(=O)n1C)C(=O)Nc1ccc(Cl)cc1Cl. The van der Waals surface area contributed by atoms with Gasteiger partial charge in [0.2, 0.25) is 5.91 Å². The molecule has 0 aliphatic heterocycles. The van der Waals surface area contributed by atoms with Crippen LogP contribution in [-0.2, 0) is 11.8 Å². The zero-order valence-corrected chi connectivity index (χ0v) is 16.4. The fraction of sp³-hybridized carbons (Fsp3) is 0.188. The van der Waals surface area contributed by atoms with Gasteiger partial charge < -0.3 is 5.32 Å². The predicted molar refractivity (Wildman–Crippen MR) is 105 cm³/mol. The third-order valence-electron chi connectivity index (χ3n) is 3.49. The number of carbonyl (C=O) groups excluding carboxylic acids is 1. The second-order valence-electron chi connectivity index (χ2n) is 5.27. The third kappa shape index (κ3) is 3.84. The Labute approximate surface area is 162 Å². The minimum absolute atomic E-state index is 0.115. The summed E-state index contributed by atoms with van der Waals surface area (Å²) in [6.45, 7) is 1.74. The van der Waals surface area contributed by atoms with Crippen molar-refractivity contribution in [3.05, 3.63) is 50.0 Å². The first-order chi connectivity index (χ1) is 11.9. The Morgan fingerprint density at radius 3 is 2.84 bits per heavy atom. The van der Waals surface area contributed by atoms with Gasteiger partial charge in [0.1, 0.15) is 4.70 Å². The monoisotopic (exact) mass is 413 g/mol. The lowest BCUT2D eigenvalue weighted by Gasteiger charge is -2.14. The maximum atomic E-state index is 12.4. The molecule has 3 rings (SSSR count). The number of aromatic nitrogens is 2. The van der Waals surface area contributed by atoms with E-state index in [1.807, 2.05) is 5.38 Å². The highest BCUT2D eigenvalue weighted by Gasteiger charge is 2.19. The summed E-state index contributed by atoms with van der Waals surface area (Å²) in [6.07, 6.45) is 0. The molecule has 5 nitrogen and oxygen atoms in total. The second kappa shape index (κ2) is 7.37. The summed E-state index contributed by atoms with van der Waals surface area (Å²) in [7, 11) is 1.65. The topological polar surface area (TPSA) is 64.0 Å². The number of carbonyl (C=O) groups is 1. The van der Waals surface area contributed by atoms with Crippen LogP contribution in [0.25, 0.3) is 10.2 Å². The van der Waals surface area contributed by atoms with Crippen molar-refractivity contribution < 1.29 is 4.79 Å². The van der Waals surface area contributed by atoms with E-state index in [1.54, 1.807) is 38.2 Å². The summed E-state index contributed by atoms with van der Waals surface area (Å²) in [5, 5.41) is 5.46. The molecule has 0 radical (unpaired) electrons. The van der Waals surface area contributed by atoms with Gasteiger partial charge in [0.05, 0.1) is 21.5 Å². The number of rotatable bonds is 4. The van der Waals surface area contributed by atoms with Gasteiger partial charge in [0, 0.05) is 12.1 Å². The molecular formula is C16H13Cl2N3O2S2. The van der Waals surface area contributed by atoms with E-state index in [4.69, 9.17) is 23.2 Å². The summed E-state index contributed by atoms with van der Waals surface area (Å²) in [4.78, 5) is 29.2. The van der Waals surface area contributed by atoms with Gasteiger partial charge in [-0.05, 0) is 36.6 Å². The van der Waals surface area contributed by atoms with Crippen LogP contribution >= 0.6 is 46.3 Å². The van der Waals surface area contributed by atoms with E-state index in [9.17, 15) is 9.59 Å². The minimum Gasteiger partial charge on any atom is -0.324 e. The molecule has 3 aromatic rings. The van der Waals surface area contributed by atoms with E-state index in [2.05, 4.69) is 10.3 Å². The number of halogens is 2. The van der Waals surface area contributed by atoms with Crippen molar-refractivity contribution in [2.75, 3.05) is 5.32 Å². The van der Waals surface area contributed by atoms with Crippen LogP contribution in [0.4, 0.5) is 5.69 Å². The van der Waals surface area contributed by atoms with E-state index >= 15 is 0 Å². The average molecular weight is 414 g/mol. The van der Waals surface area contributed by atoms with Crippen molar-refractivity contribution in [1.29, 1.82) is 0 Å². The van der Waals surface area contributed by atoms with Crippen LogP contribution in [0.15, 0.2) is 39.6 Å². The van der Waals surface area contributed by atoms with Gasteiger partial charge in [0.25, 0.3) is 5.56 Å². The highest BCUT2D eigenvalue weighted by Crippen LogP contribution is 2.28. The van der Waals surface area contributed by atoms with E-state index in [0.717, 1.165) is 0 Å². The van der Waals surface area contributed by atoms with Gasteiger partial charge >= 0.3 is 0 Å². The largest absolute Gasteiger partial charge is 0.324 e. The van der Waals surface area contributed by atoms with Crippen LogP contribution in [0.5, 0.6) is 0 Å². The van der Waals surface area contributed by atoms with E-state index < -0.39 is 5.25 Å². The Hall–Kier alpha value is -1.54.